The van der Waals surface area contributed by atoms with Gasteiger partial charge < -0.3 is 14.5 Å². The van der Waals surface area contributed by atoms with E-state index in [9.17, 15) is 18.0 Å². The second-order valence-electron chi connectivity index (χ2n) is 4.82. The Bertz CT molecular complexity index is 926. The van der Waals surface area contributed by atoms with E-state index in [0.717, 1.165) is 6.07 Å². The minimum Gasteiger partial charge on any atom is -0.497 e. The maximum Gasteiger partial charge on any atom is 0.313 e. The lowest BCUT2D eigenvalue weighted by atomic mass is 10.2. The van der Waals surface area contributed by atoms with Crippen molar-refractivity contribution in [3.8, 4) is 17.2 Å². The van der Waals surface area contributed by atoms with E-state index in [0.29, 0.717) is 17.4 Å². The number of methoxy groups -OCH3 is 1. The van der Waals surface area contributed by atoms with E-state index in [1.54, 1.807) is 24.3 Å². The third-order valence-electron chi connectivity index (χ3n) is 3.24. The van der Waals surface area contributed by atoms with Gasteiger partial charge in [0.2, 0.25) is 5.89 Å². The number of anilines is 1. The molecule has 25 heavy (non-hydrogen) atoms. The summed E-state index contributed by atoms with van der Waals surface area (Å²) in [7, 11) is 1.52. The zero-order chi connectivity index (χ0) is 18.0. The van der Waals surface area contributed by atoms with Gasteiger partial charge in [0, 0.05) is 5.56 Å². The molecule has 0 unspecified atom stereocenters. The Morgan fingerprint density at radius 1 is 1.04 bits per heavy atom. The van der Waals surface area contributed by atoms with Gasteiger partial charge in [-0.1, -0.05) is 0 Å². The first-order valence-electron chi connectivity index (χ1n) is 6.92. The predicted octanol–water partition coefficient (Wildman–Crippen LogP) is 3.41. The molecule has 128 valence electrons. The van der Waals surface area contributed by atoms with Gasteiger partial charge in [-0.15, -0.1) is 10.2 Å². The van der Waals surface area contributed by atoms with Crippen LogP contribution in [0, 0.1) is 17.5 Å². The molecule has 0 aliphatic rings. The van der Waals surface area contributed by atoms with Crippen molar-refractivity contribution in [3.63, 3.8) is 0 Å². The van der Waals surface area contributed by atoms with Crippen LogP contribution in [0.4, 0.5) is 18.9 Å². The SMILES string of the molecule is COc1ccc(-c2nnc(C(=O)Nc3ccc(F)c(F)c3F)o2)cc1. The van der Waals surface area contributed by atoms with Gasteiger partial charge in [0.05, 0.1) is 12.8 Å². The molecule has 6 nitrogen and oxygen atoms in total. The van der Waals surface area contributed by atoms with E-state index >= 15 is 0 Å². The topological polar surface area (TPSA) is 77.2 Å². The Morgan fingerprint density at radius 2 is 1.76 bits per heavy atom. The summed E-state index contributed by atoms with van der Waals surface area (Å²) in [6.07, 6.45) is 0. The molecule has 1 heterocycles. The van der Waals surface area contributed by atoms with Gasteiger partial charge >= 0.3 is 11.8 Å². The van der Waals surface area contributed by atoms with Gasteiger partial charge in [0.1, 0.15) is 5.75 Å². The van der Waals surface area contributed by atoms with Crippen LogP contribution in [0.1, 0.15) is 10.7 Å². The minimum atomic E-state index is -1.69. The highest BCUT2D eigenvalue weighted by molar-refractivity contribution is 6.01. The fraction of sp³-hybridized carbons (Fsp3) is 0.0625. The molecule has 0 spiro atoms. The molecule has 0 fully saturated rings. The highest BCUT2D eigenvalue weighted by atomic mass is 19.2. The molecule has 0 aliphatic carbocycles. The Kier molecular flexibility index (Phi) is 4.38. The molecule has 0 saturated carbocycles. The van der Waals surface area contributed by atoms with Crippen molar-refractivity contribution in [3.05, 3.63) is 59.7 Å². The van der Waals surface area contributed by atoms with Crippen molar-refractivity contribution in [2.75, 3.05) is 12.4 Å². The number of nitrogens with zero attached hydrogens (tertiary/aromatic N) is 2. The summed E-state index contributed by atoms with van der Waals surface area (Å²) in [6.45, 7) is 0. The number of ether oxygens (including phenoxy) is 1. The second-order valence-corrected chi connectivity index (χ2v) is 4.82. The number of halogens is 3. The van der Waals surface area contributed by atoms with Gasteiger partial charge in [-0.25, -0.2) is 13.2 Å². The van der Waals surface area contributed by atoms with Gasteiger partial charge in [-0.05, 0) is 36.4 Å². The largest absolute Gasteiger partial charge is 0.497 e. The number of carbonyl (C=O) groups is 1. The van der Waals surface area contributed by atoms with Crippen LogP contribution in [0.15, 0.2) is 40.8 Å². The molecular formula is C16H10F3N3O3. The number of carbonyl (C=O) groups excluding carboxylic acids is 1. The average molecular weight is 349 g/mol. The van der Waals surface area contributed by atoms with Crippen LogP contribution in [0.5, 0.6) is 5.75 Å². The third-order valence-corrected chi connectivity index (χ3v) is 3.24. The Labute approximate surface area is 139 Å². The van der Waals surface area contributed by atoms with Crippen molar-refractivity contribution in [2.24, 2.45) is 0 Å². The van der Waals surface area contributed by atoms with Crippen molar-refractivity contribution in [1.82, 2.24) is 10.2 Å². The number of amides is 1. The van der Waals surface area contributed by atoms with E-state index < -0.39 is 34.9 Å². The first kappa shape index (κ1) is 16.5. The third kappa shape index (κ3) is 3.30. The average Bonchev–Trinajstić information content (AvgIpc) is 3.12. The smallest absolute Gasteiger partial charge is 0.313 e. The van der Waals surface area contributed by atoms with Crippen LogP contribution in [-0.4, -0.2) is 23.2 Å². The molecule has 0 atom stereocenters. The number of benzene rings is 2. The van der Waals surface area contributed by atoms with Crippen LogP contribution >= 0.6 is 0 Å². The van der Waals surface area contributed by atoms with Crippen LogP contribution in [0.3, 0.4) is 0 Å². The second kappa shape index (κ2) is 6.63. The molecule has 0 bridgehead atoms. The number of nitrogens with one attached hydrogen (secondary N) is 1. The van der Waals surface area contributed by atoms with E-state index in [-0.39, 0.29) is 5.89 Å². The molecule has 0 saturated heterocycles. The zero-order valence-electron chi connectivity index (χ0n) is 12.7. The van der Waals surface area contributed by atoms with E-state index in [1.165, 1.54) is 7.11 Å². The minimum absolute atomic E-state index is 0.0542. The van der Waals surface area contributed by atoms with Crippen LogP contribution in [-0.2, 0) is 0 Å². The molecule has 3 rings (SSSR count). The summed E-state index contributed by atoms with van der Waals surface area (Å²) in [5.74, 6) is -5.33. The van der Waals surface area contributed by atoms with Crippen LogP contribution in [0.2, 0.25) is 0 Å². The van der Waals surface area contributed by atoms with Gasteiger partial charge in [0.15, 0.2) is 17.5 Å². The van der Waals surface area contributed by atoms with Crippen molar-refractivity contribution < 1.29 is 27.1 Å². The standard InChI is InChI=1S/C16H10F3N3O3/c1-24-9-4-2-8(3-5-9)15-21-22-16(25-15)14(23)20-11-7-6-10(17)12(18)13(11)19/h2-7H,1H3,(H,20,23). The van der Waals surface area contributed by atoms with Crippen molar-refractivity contribution >= 4 is 11.6 Å². The van der Waals surface area contributed by atoms with E-state index in [2.05, 4.69) is 10.2 Å². The normalized spacial score (nSPS) is 10.6. The molecule has 1 aromatic heterocycles. The van der Waals surface area contributed by atoms with Gasteiger partial charge in [0.25, 0.3) is 0 Å². The van der Waals surface area contributed by atoms with Crippen molar-refractivity contribution in [1.29, 1.82) is 0 Å². The zero-order valence-corrected chi connectivity index (χ0v) is 12.7. The molecule has 9 heteroatoms. The van der Waals surface area contributed by atoms with Crippen LogP contribution in [0.25, 0.3) is 11.5 Å². The number of hydrogen-bond acceptors (Lipinski definition) is 5. The lowest BCUT2D eigenvalue weighted by Gasteiger charge is -2.04. The first-order valence-corrected chi connectivity index (χ1v) is 6.92. The Hall–Kier alpha value is -3.36. The molecule has 1 N–H and O–H groups in total. The fourth-order valence-electron chi connectivity index (χ4n) is 1.96. The number of hydrogen-bond donors (Lipinski definition) is 1. The molecule has 3 aromatic rings. The first-order chi connectivity index (χ1) is 12.0. The molecule has 2 aromatic carbocycles. The van der Waals surface area contributed by atoms with Gasteiger partial charge in [-0.3, -0.25) is 4.79 Å². The molecule has 0 aliphatic heterocycles. The summed E-state index contributed by atoms with van der Waals surface area (Å²) < 4.78 is 49.9. The summed E-state index contributed by atoms with van der Waals surface area (Å²) in [5, 5.41) is 9.30. The Morgan fingerprint density at radius 3 is 2.44 bits per heavy atom. The monoisotopic (exact) mass is 349 g/mol. The molecular weight excluding hydrogens is 339 g/mol. The molecule has 0 radical (unpaired) electrons. The van der Waals surface area contributed by atoms with Crippen LogP contribution < -0.4 is 10.1 Å². The summed E-state index contributed by atoms with van der Waals surface area (Å²) in [5.41, 5.74) is -0.0144. The van der Waals surface area contributed by atoms with E-state index in [1.807, 2.05) is 5.32 Å². The van der Waals surface area contributed by atoms with Crippen molar-refractivity contribution in [2.45, 2.75) is 0 Å². The maximum absolute atomic E-state index is 13.6. The number of aromatic nitrogens is 2. The Balaban J connectivity index is 1.80. The lowest BCUT2D eigenvalue weighted by Crippen LogP contribution is -2.14. The van der Waals surface area contributed by atoms with E-state index in [4.69, 9.17) is 9.15 Å². The summed E-state index contributed by atoms with van der Waals surface area (Å²) >= 11 is 0. The highest BCUT2D eigenvalue weighted by Crippen LogP contribution is 2.23. The fourth-order valence-corrected chi connectivity index (χ4v) is 1.96. The number of rotatable bonds is 4. The maximum atomic E-state index is 13.6. The summed E-state index contributed by atoms with van der Waals surface area (Å²) in [6, 6.07) is 8.18. The summed E-state index contributed by atoms with van der Waals surface area (Å²) in [4.78, 5) is 12.0. The predicted molar refractivity (Wildman–Crippen MR) is 80.6 cm³/mol. The molecule has 1 amide bonds. The quantitative estimate of drug-likeness (QED) is 0.731. The highest BCUT2D eigenvalue weighted by Gasteiger charge is 2.20. The van der Waals surface area contributed by atoms with Gasteiger partial charge in [-0.2, -0.15) is 0 Å². The lowest BCUT2D eigenvalue weighted by molar-refractivity contribution is 0.0990.